The molecule has 0 unspecified atom stereocenters. The molecule has 0 atom stereocenters. The van der Waals surface area contributed by atoms with Crippen LogP contribution >= 0.6 is 0 Å². The average Bonchev–Trinajstić information content (AvgIpc) is 2.99. The topological polar surface area (TPSA) is 66.0 Å². The average molecular weight is 600 g/mol. The van der Waals surface area contributed by atoms with Crippen LogP contribution in [0.5, 0.6) is 0 Å². The quantitative estimate of drug-likeness (QED) is 0.0727. The van der Waals surface area contributed by atoms with Crippen molar-refractivity contribution < 1.29 is 23.7 Å². The summed E-state index contributed by atoms with van der Waals surface area (Å²) >= 11 is 0. The number of ether oxygens (including phenoxy) is 4. The third-order valence-corrected chi connectivity index (χ3v) is 7.95. The second kappa shape index (κ2) is 36.5. The Kier molecular flexibility index (Phi) is 35.9. The SMILES string of the molecule is CCCCCCCCCCCCCCOCC(COCCCCCCCCCCCCCC)NC(=O)COCCOC. The van der Waals surface area contributed by atoms with E-state index in [1.807, 2.05) is 0 Å². The molecule has 0 aliphatic carbocycles. The van der Waals surface area contributed by atoms with E-state index in [-0.39, 0.29) is 18.6 Å². The van der Waals surface area contributed by atoms with E-state index < -0.39 is 0 Å². The van der Waals surface area contributed by atoms with Crippen LogP contribution in [0.15, 0.2) is 0 Å². The zero-order chi connectivity index (χ0) is 30.6. The van der Waals surface area contributed by atoms with Gasteiger partial charge in [-0.05, 0) is 12.8 Å². The Bertz CT molecular complexity index is 487. The lowest BCUT2D eigenvalue weighted by Gasteiger charge is -2.19. The minimum Gasteiger partial charge on any atom is -0.382 e. The maximum absolute atomic E-state index is 12.3. The summed E-state index contributed by atoms with van der Waals surface area (Å²) in [5.41, 5.74) is 0. The highest BCUT2D eigenvalue weighted by Gasteiger charge is 2.13. The molecule has 6 heteroatoms. The second-order valence-electron chi connectivity index (χ2n) is 12.2. The lowest BCUT2D eigenvalue weighted by atomic mass is 10.1. The molecular weight excluding hydrogens is 526 g/mol. The van der Waals surface area contributed by atoms with Crippen molar-refractivity contribution in [2.75, 3.05) is 53.4 Å². The first-order chi connectivity index (χ1) is 20.7. The van der Waals surface area contributed by atoms with Crippen LogP contribution < -0.4 is 5.32 Å². The van der Waals surface area contributed by atoms with E-state index in [4.69, 9.17) is 18.9 Å². The molecule has 1 N–H and O–H groups in total. The minimum atomic E-state index is -0.141. The molecule has 1 amide bonds. The van der Waals surface area contributed by atoms with Crippen LogP contribution in [0.25, 0.3) is 0 Å². The third kappa shape index (κ3) is 33.8. The molecule has 0 rings (SSSR count). The molecule has 252 valence electrons. The molecule has 6 nitrogen and oxygen atoms in total. The molecular formula is C36H73NO5. The zero-order valence-electron chi connectivity index (χ0n) is 28.5. The van der Waals surface area contributed by atoms with E-state index in [0.717, 1.165) is 26.1 Å². The highest BCUT2D eigenvalue weighted by Crippen LogP contribution is 2.13. The Morgan fingerprint density at radius 3 is 1.19 bits per heavy atom. The lowest BCUT2D eigenvalue weighted by Crippen LogP contribution is -2.43. The van der Waals surface area contributed by atoms with E-state index in [0.29, 0.717) is 26.4 Å². The Morgan fingerprint density at radius 2 is 0.833 bits per heavy atom. The standard InChI is InChI=1S/C36H73NO5/c1-4-6-8-10-12-14-16-18-20-22-24-26-28-40-32-35(37-36(38)34-42-31-30-39-3)33-41-29-27-25-23-21-19-17-15-13-11-9-7-5-2/h35H,4-34H2,1-3H3,(H,37,38). The number of rotatable bonds is 36. The van der Waals surface area contributed by atoms with Gasteiger partial charge in [0.1, 0.15) is 6.61 Å². The molecule has 0 heterocycles. The van der Waals surface area contributed by atoms with Gasteiger partial charge >= 0.3 is 0 Å². The van der Waals surface area contributed by atoms with E-state index in [2.05, 4.69) is 19.2 Å². The second-order valence-corrected chi connectivity index (χ2v) is 12.2. The molecule has 0 aromatic heterocycles. The van der Waals surface area contributed by atoms with Gasteiger partial charge in [0.25, 0.3) is 0 Å². The molecule has 0 aromatic rings. The van der Waals surface area contributed by atoms with Crippen molar-refractivity contribution in [2.45, 2.75) is 174 Å². The van der Waals surface area contributed by atoms with Crippen LogP contribution in [-0.4, -0.2) is 65.3 Å². The molecule has 0 bridgehead atoms. The molecule has 0 aliphatic heterocycles. The summed E-state index contributed by atoms with van der Waals surface area (Å²) in [5.74, 6) is -0.126. The lowest BCUT2D eigenvalue weighted by molar-refractivity contribution is -0.127. The summed E-state index contributed by atoms with van der Waals surface area (Å²) in [6.45, 7) is 7.96. The highest BCUT2D eigenvalue weighted by atomic mass is 16.5. The summed E-state index contributed by atoms with van der Waals surface area (Å²) < 4.78 is 22.2. The monoisotopic (exact) mass is 600 g/mol. The first kappa shape index (κ1) is 41.3. The fourth-order valence-electron chi connectivity index (χ4n) is 5.25. The van der Waals surface area contributed by atoms with Gasteiger partial charge in [0.2, 0.25) is 5.91 Å². The Hall–Kier alpha value is -0.690. The molecule has 0 saturated carbocycles. The number of carbonyl (C=O) groups is 1. The van der Waals surface area contributed by atoms with Gasteiger partial charge in [-0.3, -0.25) is 4.79 Å². The van der Waals surface area contributed by atoms with Gasteiger partial charge < -0.3 is 24.3 Å². The van der Waals surface area contributed by atoms with Gasteiger partial charge in [-0.15, -0.1) is 0 Å². The predicted molar refractivity (Wildman–Crippen MR) is 178 cm³/mol. The first-order valence-electron chi connectivity index (χ1n) is 18.3. The number of hydrogen-bond donors (Lipinski definition) is 1. The van der Waals surface area contributed by atoms with Gasteiger partial charge in [0.15, 0.2) is 0 Å². The molecule has 42 heavy (non-hydrogen) atoms. The molecule has 0 saturated heterocycles. The van der Waals surface area contributed by atoms with Crippen LogP contribution in [0.2, 0.25) is 0 Å². The van der Waals surface area contributed by atoms with Crippen molar-refractivity contribution in [1.82, 2.24) is 5.32 Å². The number of nitrogens with one attached hydrogen (secondary N) is 1. The number of carbonyl (C=O) groups excluding carboxylic acids is 1. The normalized spacial score (nSPS) is 11.5. The smallest absolute Gasteiger partial charge is 0.246 e. The zero-order valence-corrected chi connectivity index (χ0v) is 28.5. The summed E-state index contributed by atoms with van der Waals surface area (Å²) in [7, 11) is 1.63. The van der Waals surface area contributed by atoms with E-state index in [9.17, 15) is 4.79 Å². The van der Waals surface area contributed by atoms with Crippen molar-refractivity contribution in [3.63, 3.8) is 0 Å². The summed E-state index contributed by atoms with van der Waals surface area (Å²) in [5, 5.41) is 3.03. The van der Waals surface area contributed by atoms with Crippen LogP contribution in [0.4, 0.5) is 0 Å². The molecule has 0 radical (unpaired) electrons. The van der Waals surface area contributed by atoms with Crippen molar-refractivity contribution in [3.05, 3.63) is 0 Å². The van der Waals surface area contributed by atoms with Gasteiger partial charge in [-0.25, -0.2) is 0 Å². The Morgan fingerprint density at radius 1 is 0.476 bits per heavy atom. The number of amides is 1. The minimum absolute atomic E-state index is 0.0390. The fourth-order valence-corrected chi connectivity index (χ4v) is 5.25. The summed E-state index contributed by atoms with van der Waals surface area (Å²) in [6.07, 6.45) is 32.1. The van der Waals surface area contributed by atoms with Crippen molar-refractivity contribution in [2.24, 2.45) is 0 Å². The van der Waals surface area contributed by atoms with E-state index in [1.165, 1.54) is 141 Å². The number of hydrogen-bond acceptors (Lipinski definition) is 5. The van der Waals surface area contributed by atoms with Crippen LogP contribution in [0.3, 0.4) is 0 Å². The van der Waals surface area contributed by atoms with Crippen LogP contribution in [-0.2, 0) is 23.7 Å². The first-order valence-corrected chi connectivity index (χ1v) is 18.3. The predicted octanol–water partition coefficient (Wildman–Crippen LogP) is 9.57. The maximum atomic E-state index is 12.3. The largest absolute Gasteiger partial charge is 0.382 e. The Balaban J connectivity index is 3.88. The van der Waals surface area contributed by atoms with Crippen molar-refractivity contribution >= 4 is 5.91 Å². The molecule has 0 aromatic carbocycles. The van der Waals surface area contributed by atoms with Crippen LogP contribution in [0, 0.1) is 0 Å². The van der Waals surface area contributed by atoms with Gasteiger partial charge in [0.05, 0.1) is 32.5 Å². The highest BCUT2D eigenvalue weighted by molar-refractivity contribution is 5.77. The van der Waals surface area contributed by atoms with E-state index >= 15 is 0 Å². The molecule has 0 fully saturated rings. The van der Waals surface area contributed by atoms with E-state index in [1.54, 1.807) is 7.11 Å². The summed E-state index contributed by atoms with van der Waals surface area (Å²) in [6, 6.07) is -0.141. The van der Waals surface area contributed by atoms with Gasteiger partial charge in [0, 0.05) is 20.3 Å². The molecule has 0 spiro atoms. The van der Waals surface area contributed by atoms with Gasteiger partial charge in [-0.2, -0.15) is 0 Å². The fraction of sp³-hybridized carbons (Fsp3) is 0.972. The van der Waals surface area contributed by atoms with Crippen molar-refractivity contribution in [1.29, 1.82) is 0 Å². The third-order valence-electron chi connectivity index (χ3n) is 7.95. The number of unbranched alkanes of at least 4 members (excludes halogenated alkanes) is 22. The van der Waals surface area contributed by atoms with Gasteiger partial charge in [-0.1, -0.05) is 155 Å². The van der Waals surface area contributed by atoms with Crippen molar-refractivity contribution in [3.8, 4) is 0 Å². The molecule has 0 aliphatic rings. The Labute approximate surface area is 262 Å². The maximum Gasteiger partial charge on any atom is 0.246 e. The van der Waals surface area contributed by atoms with Crippen LogP contribution in [0.1, 0.15) is 168 Å². The summed E-state index contributed by atoms with van der Waals surface area (Å²) in [4.78, 5) is 12.3. The number of methoxy groups -OCH3 is 1.